The molecule has 0 atom stereocenters. The lowest BCUT2D eigenvalue weighted by Gasteiger charge is -2.14. The van der Waals surface area contributed by atoms with Gasteiger partial charge >= 0.3 is 0 Å². The predicted molar refractivity (Wildman–Crippen MR) is 125 cm³/mol. The standard InChI is InChI=1S/C24H20N4O2S/c1-17-9-5-8-14-21(17)28-23(30)19-12-6-7-13-20(19)26-24(28)31-16-22(29)27-25-15-18-10-3-2-4-11-18/h2-15H,16H2,1H3,(H,27,29)/b25-15+. The summed E-state index contributed by atoms with van der Waals surface area (Å²) in [4.78, 5) is 30.2. The van der Waals surface area contributed by atoms with Gasteiger partial charge < -0.3 is 0 Å². The van der Waals surface area contributed by atoms with E-state index in [1.807, 2.05) is 73.7 Å². The minimum Gasteiger partial charge on any atom is -0.272 e. The van der Waals surface area contributed by atoms with Gasteiger partial charge in [-0.05, 0) is 36.2 Å². The molecule has 1 heterocycles. The SMILES string of the molecule is Cc1ccccc1-n1c(SCC(=O)N/N=C/c2ccccc2)nc2ccccc2c1=O. The maximum atomic E-state index is 13.3. The van der Waals surface area contributed by atoms with Gasteiger partial charge in [0.05, 0.1) is 28.6 Å². The molecule has 0 bridgehead atoms. The van der Waals surface area contributed by atoms with E-state index in [1.165, 1.54) is 11.8 Å². The molecule has 6 nitrogen and oxygen atoms in total. The fraction of sp³-hybridized carbons (Fsp3) is 0.0833. The topological polar surface area (TPSA) is 76.3 Å². The van der Waals surface area contributed by atoms with Crippen LogP contribution in [0.5, 0.6) is 0 Å². The molecule has 0 aliphatic carbocycles. The normalized spacial score (nSPS) is 11.1. The van der Waals surface area contributed by atoms with Crippen LogP contribution in [0.1, 0.15) is 11.1 Å². The molecule has 0 unspecified atom stereocenters. The Morgan fingerprint density at radius 2 is 1.74 bits per heavy atom. The summed E-state index contributed by atoms with van der Waals surface area (Å²) in [6.07, 6.45) is 1.58. The van der Waals surface area contributed by atoms with Crippen molar-refractivity contribution in [3.63, 3.8) is 0 Å². The molecule has 4 rings (SSSR count). The molecule has 1 N–H and O–H groups in total. The first-order chi connectivity index (χ1) is 15.1. The summed E-state index contributed by atoms with van der Waals surface area (Å²) in [5, 5.41) is 4.98. The molecule has 0 aliphatic heterocycles. The van der Waals surface area contributed by atoms with Gasteiger partial charge in [-0.1, -0.05) is 72.4 Å². The summed E-state index contributed by atoms with van der Waals surface area (Å²) >= 11 is 1.20. The first-order valence-corrected chi connectivity index (χ1v) is 10.7. The molecule has 0 saturated heterocycles. The van der Waals surface area contributed by atoms with Crippen LogP contribution in [0.3, 0.4) is 0 Å². The van der Waals surface area contributed by atoms with Crippen molar-refractivity contribution in [2.24, 2.45) is 5.10 Å². The Balaban J connectivity index is 1.60. The van der Waals surface area contributed by atoms with Gasteiger partial charge in [-0.15, -0.1) is 0 Å². The number of aryl methyl sites for hydroxylation is 1. The second kappa shape index (κ2) is 9.40. The van der Waals surface area contributed by atoms with E-state index in [4.69, 9.17) is 0 Å². The Hall–Kier alpha value is -3.71. The van der Waals surface area contributed by atoms with Crippen LogP contribution in [0.4, 0.5) is 0 Å². The molecular formula is C24H20N4O2S. The average Bonchev–Trinajstić information content (AvgIpc) is 2.79. The van der Waals surface area contributed by atoms with Crippen LogP contribution in [0.15, 0.2) is 93.9 Å². The Labute approximate surface area is 183 Å². The second-order valence-electron chi connectivity index (χ2n) is 6.83. The van der Waals surface area contributed by atoms with Crippen molar-refractivity contribution in [2.75, 3.05) is 5.75 Å². The van der Waals surface area contributed by atoms with Gasteiger partial charge in [0.1, 0.15) is 0 Å². The van der Waals surface area contributed by atoms with E-state index in [1.54, 1.807) is 22.9 Å². The average molecular weight is 429 g/mol. The lowest BCUT2D eigenvalue weighted by Crippen LogP contribution is -2.24. The molecule has 1 aromatic heterocycles. The molecule has 3 aromatic carbocycles. The molecule has 154 valence electrons. The number of thioether (sulfide) groups is 1. The molecule has 1 amide bonds. The summed E-state index contributed by atoms with van der Waals surface area (Å²) in [5.74, 6) is -0.209. The van der Waals surface area contributed by atoms with Gasteiger partial charge in [-0.25, -0.2) is 10.4 Å². The number of nitrogens with zero attached hydrogens (tertiary/aromatic N) is 3. The first kappa shape index (κ1) is 20.6. The molecule has 0 aliphatic rings. The predicted octanol–water partition coefficient (Wildman–Crippen LogP) is 3.94. The smallest absolute Gasteiger partial charge is 0.266 e. The number of rotatable bonds is 6. The highest BCUT2D eigenvalue weighted by Crippen LogP contribution is 2.22. The second-order valence-corrected chi connectivity index (χ2v) is 7.77. The highest BCUT2D eigenvalue weighted by atomic mass is 32.2. The van der Waals surface area contributed by atoms with Crippen molar-refractivity contribution in [1.82, 2.24) is 15.0 Å². The van der Waals surface area contributed by atoms with Crippen LogP contribution >= 0.6 is 11.8 Å². The molecule has 0 radical (unpaired) electrons. The summed E-state index contributed by atoms with van der Waals surface area (Å²) in [5.41, 5.74) is 5.54. The highest BCUT2D eigenvalue weighted by molar-refractivity contribution is 7.99. The molecule has 4 aromatic rings. The number of carbonyl (C=O) groups is 1. The van der Waals surface area contributed by atoms with Crippen molar-refractivity contribution >= 4 is 34.8 Å². The Kier molecular flexibility index (Phi) is 6.24. The van der Waals surface area contributed by atoms with Crippen LogP contribution in [0, 0.1) is 6.92 Å². The molecule has 7 heteroatoms. The quantitative estimate of drug-likeness (QED) is 0.218. The number of hydrogen-bond acceptors (Lipinski definition) is 5. The zero-order chi connectivity index (χ0) is 21.6. The number of carbonyl (C=O) groups excluding carboxylic acids is 1. The van der Waals surface area contributed by atoms with E-state index >= 15 is 0 Å². The van der Waals surface area contributed by atoms with Crippen molar-refractivity contribution in [1.29, 1.82) is 0 Å². The summed E-state index contributed by atoms with van der Waals surface area (Å²) in [7, 11) is 0. The number of para-hydroxylation sites is 2. The monoisotopic (exact) mass is 428 g/mol. The van der Waals surface area contributed by atoms with Gasteiger partial charge in [0.2, 0.25) is 0 Å². The molecule has 0 fully saturated rings. The van der Waals surface area contributed by atoms with Crippen molar-refractivity contribution in [3.05, 3.63) is 100 Å². The Morgan fingerprint density at radius 1 is 1.03 bits per heavy atom. The van der Waals surface area contributed by atoms with Crippen molar-refractivity contribution in [2.45, 2.75) is 12.1 Å². The number of aromatic nitrogens is 2. The fourth-order valence-corrected chi connectivity index (χ4v) is 3.91. The van der Waals surface area contributed by atoms with Crippen LogP contribution in [0.25, 0.3) is 16.6 Å². The van der Waals surface area contributed by atoms with E-state index in [0.717, 1.165) is 16.8 Å². The van der Waals surface area contributed by atoms with Gasteiger partial charge in [-0.3, -0.25) is 14.2 Å². The number of hydrogen-bond donors (Lipinski definition) is 1. The maximum Gasteiger partial charge on any atom is 0.266 e. The number of fused-ring (bicyclic) bond motifs is 1. The molecular weight excluding hydrogens is 408 g/mol. The van der Waals surface area contributed by atoms with E-state index in [-0.39, 0.29) is 17.2 Å². The molecule has 31 heavy (non-hydrogen) atoms. The number of amides is 1. The summed E-state index contributed by atoms with van der Waals surface area (Å²) < 4.78 is 1.57. The van der Waals surface area contributed by atoms with Crippen molar-refractivity contribution < 1.29 is 4.79 Å². The zero-order valence-corrected chi connectivity index (χ0v) is 17.7. The third-order valence-electron chi connectivity index (χ3n) is 4.64. The lowest BCUT2D eigenvalue weighted by molar-refractivity contribution is -0.118. The molecule has 0 spiro atoms. The Bertz CT molecular complexity index is 1320. The van der Waals surface area contributed by atoms with Crippen molar-refractivity contribution in [3.8, 4) is 5.69 Å². The van der Waals surface area contributed by atoms with Crippen LogP contribution in [0.2, 0.25) is 0 Å². The van der Waals surface area contributed by atoms with E-state index in [0.29, 0.717) is 16.1 Å². The minimum absolute atomic E-state index is 0.0722. The number of benzene rings is 3. The lowest BCUT2D eigenvalue weighted by atomic mass is 10.2. The Morgan fingerprint density at radius 3 is 2.55 bits per heavy atom. The first-order valence-electron chi connectivity index (χ1n) is 9.71. The van der Waals surface area contributed by atoms with Gasteiger partial charge in [0.15, 0.2) is 5.16 Å². The van der Waals surface area contributed by atoms with Gasteiger partial charge in [0.25, 0.3) is 11.5 Å². The van der Waals surface area contributed by atoms with Gasteiger partial charge in [-0.2, -0.15) is 5.10 Å². The molecule has 0 saturated carbocycles. The third kappa shape index (κ3) is 4.73. The van der Waals surface area contributed by atoms with Crippen LogP contribution in [-0.4, -0.2) is 27.4 Å². The number of nitrogens with one attached hydrogen (secondary N) is 1. The largest absolute Gasteiger partial charge is 0.272 e. The van der Waals surface area contributed by atoms with Crippen LogP contribution in [-0.2, 0) is 4.79 Å². The minimum atomic E-state index is -0.282. The van der Waals surface area contributed by atoms with E-state index in [2.05, 4.69) is 15.5 Å². The maximum absolute atomic E-state index is 13.3. The number of hydrazone groups is 1. The fourth-order valence-electron chi connectivity index (χ4n) is 3.12. The summed E-state index contributed by atoms with van der Waals surface area (Å²) in [6, 6.07) is 24.3. The third-order valence-corrected chi connectivity index (χ3v) is 5.57. The van der Waals surface area contributed by atoms with Crippen LogP contribution < -0.4 is 11.0 Å². The van der Waals surface area contributed by atoms with E-state index in [9.17, 15) is 9.59 Å². The zero-order valence-electron chi connectivity index (χ0n) is 16.9. The summed E-state index contributed by atoms with van der Waals surface area (Å²) in [6.45, 7) is 1.94. The van der Waals surface area contributed by atoms with Gasteiger partial charge in [0, 0.05) is 0 Å². The highest BCUT2D eigenvalue weighted by Gasteiger charge is 2.15. The van der Waals surface area contributed by atoms with E-state index < -0.39 is 0 Å².